The number of rotatable bonds is 5. The number of thiophene rings is 1. The van der Waals surface area contributed by atoms with Crippen molar-refractivity contribution in [1.82, 2.24) is 10.2 Å². The van der Waals surface area contributed by atoms with Crippen molar-refractivity contribution in [2.45, 2.75) is 37.7 Å². The second-order valence-corrected chi connectivity index (χ2v) is 6.62. The fourth-order valence-electron chi connectivity index (χ4n) is 2.68. The van der Waals surface area contributed by atoms with Crippen LogP contribution in [0.4, 0.5) is 0 Å². The maximum absolute atomic E-state index is 10.4. The van der Waals surface area contributed by atoms with Gasteiger partial charge < -0.3 is 15.3 Å². The highest BCUT2D eigenvalue weighted by atomic mass is 127. The largest absolute Gasteiger partial charge is 0.388 e. The molecule has 0 atom stereocenters. The molecule has 0 aliphatic heterocycles. The van der Waals surface area contributed by atoms with E-state index >= 15 is 0 Å². The third kappa shape index (κ3) is 5.75. The summed E-state index contributed by atoms with van der Waals surface area (Å²) in [6, 6.07) is 4.25. The maximum Gasteiger partial charge on any atom is 0.193 e. The molecule has 0 unspecified atom stereocenters. The smallest absolute Gasteiger partial charge is 0.193 e. The van der Waals surface area contributed by atoms with E-state index in [1.165, 1.54) is 4.88 Å². The van der Waals surface area contributed by atoms with Gasteiger partial charge in [-0.3, -0.25) is 4.99 Å². The normalized spacial score (nSPS) is 17.4. The van der Waals surface area contributed by atoms with Gasteiger partial charge in [0, 0.05) is 32.1 Å². The van der Waals surface area contributed by atoms with Crippen molar-refractivity contribution < 1.29 is 5.11 Å². The summed E-state index contributed by atoms with van der Waals surface area (Å²) in [5.74, 6) is 0.863. The lowest BCUT2D eigenvalue weighted by Gasteiger charge is -2.27. The number of nitrogens with zero attached hydrogens (tertiary/aromatic N) is 2. The quantitative estimate of drug-likeness (QED) is 0.435. The Morgan fingerprint density at radius 2 is 2.19 bits per heavy atom. The average Bonchev–Trinajstić information content (AvgIpc) is 3.09. The first-order valence-corrected chi connectivity index (χ1v) is 8.17. The van der Waals surface area contributed by atoms with E-state index in [9.17, 15) is 5.11 Å². The van der Waals surface area contributed by atoms with E-state index in [0.717, 1.165) is 44.6 Å². The molecule has 1 aromatic heterocycles. The summed E-state index contributed by atoms with van der Waals surface area (Å²) in [5, 5.41) is 15.8. The van der Waals surface area contributed by atoms with Gasteiger partial charge in [0.2, 0.25) is 0 Å². The first-order valence-electron chi connectivity index (χ1n) is 7.29. The van der Waals surface area contributed by atoms with Crippen LogP contribution in [0.1, 0.15) is 30.6 Å². The number of likely N-dealkylation sites (N-methyl/N-ethyl adjacent to an activating group) is 1. The van der Waals surface area contributed by atoms with Crippen LogP contribution in [0.5, 0.6) is 0 Å². The van der Waals surface area contributed by atoms with Crippen molar-refractivity contribution in [3.8, 4) is 0 Å². The van der Waals surface area contributed by atoms with Crippen LogP contribution in [0.25, 0.3) is 0 Å². The summed E-state index contributed by atoms with van der Waals surface area (Å²) >= 11 is 1.79. The zero-order valence-corrected chi connectivity index (χ0v) is 16.0. The second-order valence-electron chi connectivity index (χ2n) is 5.58. The van der Waals surface area contributed by atoms with Gasteiger partial charge >= 0.3 is 0 Å². The molecule has 0 aromatic carbocycles. The van der Waals surface area contributed by atoms with Gasteiger partial charge in [0.1, 0.15) is 0 Å². The average molecular weight is 423 g/mol. The zero-order valence-electron chi connectivity index (χ0n) is 12.8. The molecule has 2 N–H and O–H groups in total. The standard InChI is InChI=1S/C15H25N3OS.HI/c1-16-14(17-12-15(19)8-3-4-9-15)18(2)10-7-13-6-5-11-20-13;/h5-6,11,19H,3-4,7-10,12H2,1-2H3,(H,16,17);1H. The fourth-order valence-corrected chi connectivity index (χ4v) is 3.38. The van der Waals surface area contributed by atoms with Crippen molar-refractivity contribution in [2.24, 2.45) is 4.99 Å². The number of aliphatic imine (C=N–C) groups is 1. The Bertz CT molecular complexity index is 430. The van der Waals surface area contributed by atoms with Gasteiger partial charge in [0.25, 0.3) is 0 Å². The van der Waals surface area contributed by atoms with Crippen molar-refractivity contribution in [2.75, 3.05) is 27.2 Å². The number of halogens is 1. The molecule has 1 saturated carbocycles. The van der Waals surface area contributed by atoms with Crippen molar-refractivity contribution >= 4 is 41.3 Å². The molecule has 1 aliphatic carbocycles. The van der Waals surface area contributed by atoms with Crippen molar-refractivity contribution in [3.05, 3.63) is 22.4 Å². The Balaban J connectivity index is 0.00000220. The molecule has 0 amide bonds. The van der Waals surface area contributed by atoms with Crippen molar-refractivity contribution in [1.29, 1.82) is 0 Å². The predicted octanol–water partition coefficient (Wildman–Crippen LogP) is 2.72. The molecule has 0 saturated heterocycles. The highest BCUT2D eigenvalue weighted by Crippen LogP contribution is 2.28. The summed E-state index contributed by atoms with van der Waals surface area (Å²) in [5.41, 5.74) is -0.537. The molecule has 2 rings (SSSR count). The lowest BCUT2D eigenvalue weighted by atomic mass is 10.0. The van der Waals surface area contributed by atoms with E-state index in [4.69, 9.17) is 0 Å². The third-order valence-corrected chi connectivity index (χ3v) is 4.89. The van der Waals surface area contributed by atoms with Crippen LogP contribution in [0.3, 0.4) is 0 Å². The van der Waals surface area contributed by atoms with Crippen LogP contribution < -0.4 is 5.32 Å². The molecular formula is C15H26IN3OS. The van der Waals surface area contributed by atoms with Crippen LogP contribution in [0.15, 0.2) is 22.5 Å². The molecule has 1 heterocycles. The second kappa shape index (κ2) is 8.95. The van der Waals surface area contributed by atoms with Gasteiger partial charge in [-0.25, -0.2) is 0 Å². The number of nitrogens with one attached hydrogen (secondary N) is 1. The monoisotopic (exact) mass is 423 g/mol. The van der Waals surface area contributed by atoms with E-state index in [1.54, 1.807) is 18.4 Å². The maximum atomic E-state index is 10.4. The predicted molar refractivity (Wildman–Crippen MR) is 101 cm³/mol. The van der Waals surface area contributed by atoms with E-state index in [-0.39, 0.29) is 24.0 Å². The van der Waals surface area contributed by atoms with Crippen LogP contribution in [0, 0.1) is 0 Å². The van der Waals surface area contributed by atoms with Crippen LogP contribution in [-0.2, 0) is 6.42 Å². The lowest BCUT2D eigenvalue weighted by Crippen LogP contribution is -2.47. The Hall–Kier alpha value is -0.340. The molecule has 1 fully saturated rings. The Morgan fingerprint density at radius 3 is 2.76 bits per heavy atom. The first kappa shape index (κ1) is 18.7. The molecule has 120 valence electrons. The van der Waals surface area contributed by atoms with Gasteiger partial charge in [-0.15, -0.1) is 35.3 Å². The highest BCUT2D eigenvalue weighted by Gasteiger charge is 2.31. The first-order chi connectivity index (χ1) is 9.63. The zero-order chi connectivity index (χ0) is 14.4. The van der Waals surface area contributed by atoms with Gasteiger partial charge in [0.05, 0.1) is 5.60 Å². The summed E-state index contributed by atoms with van der Waals surface area (Å²) in [7, 11) is 3.84. The van der Waals surface area contributed by atoms with Gasteiger partial charge in [-0.2, -0.15) is 0 Å². The molecular weight excluding hydrogens is 397 g/mol. The number of guanidine groups is 1. The third-order valence-electron chi connectivity index (χ3n) is 3.96. The van der Waals surface area contributed by atoms with Gasteiger partial charge in [-0.1, -0.05) is 18.9 Å². The van der Waals surface area contributed by atoms with Crippen LogP contribution in [-0.4, -0.2) is 48.8 Å². The summed E-state index contributed by atoms with van der Waals surface area (Å²) in [6.45, 7) is 1.53. The van der Waals surface area contributed by atoms with Gasteiger partial charge in [-0.05, 0) is 30.7 Å². The van der Waals surface area contributed by atoms with E-state index in [0.29, 0.717) is 6.54 Å². The highest BCUT2D eigenvalue weighted by molar-refractivity contribution is 14.0. The summed E-state index contributed by atoms with van der Waals surface area (Å²) in [6.07, 6.45) is 5.08. The lowest BCUT2D eigenvalue weighted by molar-refractivity contribution is 0.0517. The molecule has 0 spiro atoms. The molecule has 1 aliphatic rings. The summed E-state index contributed by atoms with van der Waals surface area (Å²) < 4.78 is 0. The molecule has 4 nitrogen and oxygen atoms in total. The minimum atomic E-state index is -0.537. The topological polar surface area (TPSA) is 47.9 Å². The minimum Gasteiger partial charge on any atom is -0.388 e. The molecule has 21 heavy (non-hydrogen) atoms. The van der Waals surface area contributed by atoms with Crippen LogP contribution >= 0.6 is 35.3 Å². The molecule has 1 aromatic rings. The fraction of sp³-hybridized carbons (Fsp3) is 0.667. The van der Waals surface area contributed by atoms with E-state index in [2.05, 4.69) is 32.7 Å². The SMILES string of the molecule is CN=C(NCC1(O)CCCC1)N(C)CCc1cccs1.I. The number of hydrogen-bond acceptors (Lipinski definition) is 3. The minimum absolute atomic E-state index is 0. The van der Waals surface area contributed by atoms with Gasteiger partial charge in [0.15, 0.2) is 5.96 Å². The molecule has 0 radical (unpaired) electrons. The number of aliphatic hydroxyl groups is 1. The van der Waals surface area contributed by atoms with E-state index in [1.807, 2.05) is 7.05 Å². The number of hydrogen-bond donors (Lipinski definition) is 2. The van der Waals surface area contributed by atoms with Crippen molar-refractivity contribution in [3.63, 3.8) is 0 Å². The molecule has 6 heteroatoms. The Morgan fingerprint density at radius 1 is 1.48 bits per heavy atom. The summed E-state index contributed by atoms with van der Waals surface area (Å²) in [4.78, 5) is 7.82. The Kier molecular flexibility index (Phi) is 7.97. The van der Waals surface area contributed by atoms with E-state index < -0.39 is 5.60 Å². The van der Waals surface area contributed by atoms with Crippen LogP contribution in [0.2, 0.25) is 0 Å². The Labute approximate surface area is 148 Å². The molecule has 0 bridgehead atoms.